The van der Waals surface area contributed by atoms with E-state index < -0.39 is 50.6 Å². The molecule has 6 heterocycles. The summed E-state index contributed by atoms with van der Waals surface area (Å²) in [5.41, 5.74) is 13.1. The lowest BCUT2D eigenvalue weighted by atomic mass is 9.68. The topological polar surface area (TPSA) is 223 Å². The monoisotopic (exact) mass is 686 g/mol. The third kappa shape index (κ3) is 5.17. The third-order valence-electron chi connectivity index (χ3n) is 7.85. The van der Waals surface area contributed by atoms with Crippen molar-refractivity contribution in [1.29, 1.82) is 0 Å². The number of nitrogen functional groups attached to an aromatic ring is 2. The number of imidazole rings is 2. The van der Waals surface area contributed by atoms with Crippen LogP contribution in [0.25, 0.3) is 22.3 Å². The predicted molar refractivity (Wildman–Crippen MR) is 159 cm³/mol. The second kappa shape index (κ2) is 10.9. The summed E-state index contributed by atoms with van der Waals surface area (Å²) in [7, 11) is 0. The average Bonchev–Trinajstić information content (AvgIpc) is 3.64. The zero-order chi connectivity index (χ0) is 31.0. The van der Waals surface area contributed by atoms with Gasteiger partial charge >= 0.3 is 13.5 Å². The number of ether oxygens (including phenoxy) is 1. The first-order chi connectivity index (χ1) is 20.9. The molecule has 2 unspecified atom stereocenters. The van der Waals surface area contributed by atoms with Crippen LogP contribution in [0.1, 0.15) is 18.7 Å². The minimum Gasteiger partial charge on any atom is -0.429 e. The molecule has 234 valence electrons. The molecule has 2 aliphatic heterocycles. The summed E-state index contributed by atoms with van der Waals surface area (Å²) >= 11 is 9.40. The highest BCUT2D eigenvalue weighted by Gasteiger charge is 2.52. The number of halogens is 1. The maximum atomic E-state index is 16.0. The van der Waals surface area contributed by atoms with Gasteiger partial charge in [0.2, 0.25) is 0 Å². The zero-order valence-electron chi connectivity index (χ0n) is 22.4. The molecule has 44 heavy (non-hydrogen) atoms. The number of fused-ring (bicyclic) bond motifs is 4. The van der Waals surface area contributed by atoms with Crippen molar-refractivity contribution in [2.24, 2.45) is 11.8 Å². The number of nitrogens with zero attached hydrogens (tertiary/aromatic N) is 8. The van der Waals surface area contributed by atoms with Crippen LogP contribution in [-0.4, -0.2) is 75.5 Å². The van der Waals surface area contributed by atoms with Crippen molar-refractivity contribution in [3.05, 3.63) is 37.6 Å². The predicted octanol–water partition coefficient (Wildman–Crippen LogP) is 2.46. The number of nitrogens with two attached hydrogens (primary N) is 2. The molecular formula is C22H25FN10O7P2S2. The maximum absolute atomic E-state index is 16.0. The molecule has 0 radical (unpaired) electrons. The minimum absolute atomic E-state index is 0.0890. The highest BCUT2D eigenvalue weighted by atomic mass is 32.7. The summed E-state index contributed by atoms with van der Waals surface area (Å²) in [6.07, 6.45) is -0.240. The molecule has 0 amide bonds. The summed E-state index contributed by atoms with van der Waals surface area (Å²) in [6.45, 7) is -4.82. The molecule has 3 aliphatic rings. The number of allylic oxidation sites excluding steroid dienone is 1. The molecule has 7 rings (SSSR count). The molecule has 4 aromatic heterocycles. The van der Waals surface area contributed by atoms with E-state index in [-0.39, 0.29) is 47.1 Å². The largest absolute Gasteiger partial charge is 0.429 e. The highest BCUT2D eigenvalue weighted by molar-refractivity contribution is 8.44. The fourth-order valence-electron chi connectivity index (χ4n) is 5.78. The van der Waals surface area contributed by atoms with Crippen LogP contribution in [0.3, 0.4) is 0 Å². The van der Waals surface area contributed by atoms with Gasteiger partial charge in [-0.25, -0.2) is 38.9 Å². The Morgan fingerprint density at radius 1 is 1.02 bits per heavy atom. The Hall–Kier alpha value is -2.80. The minimum atomic E-state index is -4.18. The number of aromatic nitrogens is 8. The lowest BCUT2D eigenvalue weighted by molar-refractivity contribution is -0.0414. The summed E-state index contributed by atoms with van der Waals surface area (Å²) in [5.74, 6) is -0.466. The van der Waals surface area contributed by atoms with Gasteiger partial charge in [-0.3, -0.25) is 13.6 Å². The summed E-state index contributed by atoms with van der Waals surface area (Å²) in [4.78, 5) is 35.7. The second-order valence-electron chi connectivity index (χ2n) is 10.4. The number of thiol groups is 1. The Morgan fingerprint density at radius 3 is 2.34 bits per heavy atom. The quantitative estimate of drug-likeness (QED) is 0.176. The van der Waals surface area contributed by atoms with Crippen molar-refractivity contribution >= 4 is 71.5 Å². The van der Waals surface area contributed by atoms with E-state index in [0.29, 0.717) is 17.6 Å². The van der Waals surface area contributed by atoms with Crippen LogP contribution >= 0.6 is 25.8 Å². The lowest BCUT2D eigenvalue weighted by Crippen LogP contribution is -2.42. The first-order valence-corrected chi connectivity index (χ1v) is 18.4. The molecule has 9 atom stereocenters. The van der Waals surface area contributed by atoms with Gasteiger partial charge in [0.25, 0.3) is 0 Å². The van der Waals surface area contributed by atoms with Gasteiger partial charge < -0.3 is 34.7 Å². The van der Waals surface area contributed by atoms with Gasteiger partial charge in [0.1, 0.15) is 41.7 Å². The number of anilines is 2. The van der Waals surface area contributed by atoms with Gasteiger partial charge in [0.15, 0.2) is 35.3 Å². The van der Waals surface area contributed by atoms with Gasteiger partial charge in [-0.15, -0.1) is 0 Å². The number of rotatable bonds is 2. The number of hydrogen-bond donors (Lipinski definition) is 4. The summed E-state index contributed by atoms with van der Waals surface area (Å²) in [5, 5.41) is 0. The van der Waals surface area contributed by atoms with Crippen LogP contribution in [0.5, 0.6) is 0 Å². The molecular weight excluding hydrogens is 661 g/mol. The maximum Gasteiger partial charge on any atom is 0.386 e. The Kier molecular flexibility index (Phi) is 7.42. The van der Waals surface area contributed by atoms with Crippen LogP contribution in [0.2, 0.25) is 0 Å². The van der Waals surface area contributed by atoms with Gasteiger partial charge in [0, 0.05) is 23.8 Å². The van der Waals surface area contributed by atoms with E-state index in [2.05, 4.69) is 48.7 Å². The number of alkyl halides is 1. The van der Waals surface area contributed by atoms with Crippen molar-refractivity contribution in [2.45, 2.75) is 37.1 Å². The highest BCUT2D eigenvalue weighted by Crippen LogP contribution is 2.60. The normalized spacial score (nSPS) is 36.4. The van der Waals surface area contributed by atoms with Crippen LogP contribution in [-0.2, 0) is 39.2 Å². The summed E-state index contributed by atoms with van der Waals surface area (Å²) in [6, 6.07) is -0.322. The van der Waals surface area contributed by atoms with Crippen molar-refractivity contribution in [1.82, 2.24) is 39.0 Å². The van der Waals surface area contributed by atoms with E-state index in [1.165, 1.54) is 23.5 Å². The van der Waals surface area contributed by atoms with E-state index in [1.54, 1.807) is 10.9 Å². The molecule has 5 N–H and O–H groups in total. The Labute approximate surface area is 258 Å². The lowest BCUT2D eigenvalue weighted by Gasteiger charge is -2.45. The molecule has 0 spiro atoms. The second-order valence-corrected chi connectivity index (χ2v) is 16.1. The van der Waals surface area contributed by atoms with Crippen LogP contribution in [0, 0.1) is 11.8 Å². The van der Waals surface area contributed by atoms with Gasteiger partial charge in [-0.1, -0.05) is 18.8 Å². The van der Waals surface area contributed by atoms with Crippen molar-refractivity contribution in [3.63, 3.8) is 0 Å². The fourth-order valence-corrected chi connectivity index (χ4v) is 8.58. The van der Waals surface area contributed by atoms with E-state index in [9.17, 15) is 9.46 Å². The average molecular weight is 687 g/mol. The van der Waals surface area contributed by atoms with Gasteiger partial charge in [-0.05, 0) is 12.3 Å². The fraction of sp³-hybridized carbons (Fsp3) is 0.455. The van der Waals surface area contributed by atoms with E-state index in [4.69, 9.17) is 46.1 Å². The SMILES string of the molecule is C=C1OP(O)(=S)OC[C@H]2O[C@@H](n3cnc4c(N)ncnc43)[C@@H](F)[C@@H]2OP(=O)(S)OC[C@H]2C[C@@H](n3cnc4c(N)ncnc43)[C@H]12. The van der Waals surface area contributed by atoms with Crippen LogP contribution < -0.4 is 11.5 Å². The Morgan fingerprint density at radius 2 is 1.66 bits per heavy atom. The summed E-state index contributed by atoms with van der Waals surface area (Å²) < 4.78 is 61.1. The van der Waals surface area contributed by atoms with Gasteiger partial charge in [0.05, 0.1) is 25.9 Å². The third-order valence-corrected chi connectivity index (χ3v) is 10.9. The molecule has 0 aromatic carbocycles. The molecule has 17 nitrogen and oxygen atoms in total. The van der Waals surface area contributed by atoms with E-state index >= 15 is 4.39 Å². The molecule has 2 saturated heterocycles. The Balaban J connectivity index is 1.16. The number of hydrogen-bond acceptors (Lipinski definition) is 15. The first kappa shape index (κ1) is 29.9. The zero-order valence-corrected chi connectivity index (χ0v) is 25.9. The smallest absolute Gasteiger partial charge is 0.386 e. The standard InChI is InChI=1S/C22H25FN10O7P2S2/c1-9-13-10(2-11(13)32-7-30-15-18(24)26-5-28-20(15)32)3-36-42(35,44)40-17-12(4-37-41(34,43)39-9)38-22(14(17)23)33-8-31-16-19(25)27-6-29-21(16)33/h5-8,10-14,17,22H,1-4H2,(H,34,43)(H,35,44)(H2,24,26,28)(H2,25,27,29)/t10-,11-,12-,13-,14+,17-,22-,41?,42?/m1/s1. The molecule has 3 fully saturated rings. The van der Waals surface area contributed by atoms with E-state index in [0.717, 1.165) is 0 Å². The first-order valence-electron chi connectivity index (χ1n) is 13.1. The molecule has 0 bridgehead atoms. The molecule has 1 saturated carbocycles. The van der Waals surface area contributed by atoms with Crippen molar-refractivity contribution in [2.75, 3.05) is 24.7 Å². The van der Waals surface area contributed by atoms with Crippen LogP contribution in [0.4, 0.5) is 16.0 Å². The molecule has 1 aliphatic carbocycles. The van der Waals surface area contributed by atoms with E-state index in [1.807, 2.05) is 0 Å². The van der Waals surface area contributed by atoms with Crippen molar-refractivity contribution in [3.8, 4) is 0 Å². The Bertz CT molecular complexity index is 1880. The van der Waals surface area contributed by atoms with Gasteiger partial charge in [-0.2, -0.15) is 0 Å². The molecule has 4 aromatic rings. The van der Waals surface area contributed by atoms with Crippen LogP contribution in [0.15, 0.2) is 37.6 Å². The van der Waals surface area contributed by atoms with Crippen molar-refractivity contribution < 1.29 is 36.7 Å². The molecule has 22 heteroatoms.